The van der Waals surface area contributed by atoms with Crippen LogP contribution in [-0.2, 0) is 11.2 Å². The van der Waals surface area contributed by atoms with Crippen LogP contribution >= 0.6 is 0 Å². The molecule has 0 aliphatic heterocycles. The van der Waals surface area contributed by atoms with E-state index in [9.17, 15) is 14.3 Å². The zero-order valence-electron chi connectivity index (χ0n) is 13.4. The first kappa shape index (κ1) is 17.8. The van der Waals surface area contributed by atoms with Crippen molar-refractivity contribution in [2.75, 3.05) is 13.2 Å². The van der Waals surface area contributed by atoms with Crippen LogP contribution in [0.25, 0.3) is 0 Å². The van der Waals surface area contributed by atoms with E-state index in [1.165, 1.54) is 24.3 Å². The number of nitrogens with one attached hydrogen (secondary N) is 1. The number of ether oxygens (including phenoxy) is 1. The third-order valence-corrected chi connectivity index (χ3v) is 3.23. The summed E-state index contributed by atoms with van der Waals surface area (Å²) in [7, 11) is 0. The molecule has 1 aromatic heterocycles. The number of nitrogens with zero attached hydrogens (tertiary/aromatic N) is 2. The predicted molar refractivity (Wildman–Crippen MR) is 86.0 cm³/mol. The molecule has 24 heavy (non-hydrogen) atoms. The minimum Gasteiger partial charge on any atom is -0.491 e. The lowest BCUT2D eigenvalue weighted by molar-refractivity contribution is -0.121. The molecule has 1 unspecified atom stereocenters. The van der Waals surface area contributed by atoms with E-state index in [-0.39, 0.29) is 31.3 Å². The van der Waals surface area contributed by atoms with Gasteiger partial charge in [-0.1, -0.05) is 0 Å². The van der Waals surface area contributed by atoms with E-state index in [0.29, 0.717) is 18.0 Å². The lowest BCUT2D eigenvalue weighted by Gasteiger charge is -2.13. The molecular formula is C17H20FN3O3. The lowest BCUT2D eigenvalue weighted by Crippen LogP contribution is -2.35. The van der Waals surface area contributed by atoms with Crippen molar-refractivity contribution in [3.05, 3.63) is 53.9 Å². The molecule has 1 atom stereocenters. The van der Waals surface area contributed by atoms with E-state index < -0.39 is 6.10 Å². The van der Waals surface area contributed by atoms with Crippen molar-refractivity contribution in [2.24, 2.45) is 0 Å². The molecule has 1 heterocycles. The Morgan fingerprint density at radius 3 is 2.79 bits per heavy atom. The molecule has 2 aromatic rings. The molecule has 1 aromatic carbocycles. The number of carbonyl (C=O) groups excluding carboxylic acids is 1. The standard InChI is InChI=1S/C17H20FN3O3/c1-12-19-9-8-14(21-12)4-7-17(23)20-10-15(22)11-24-16-5-2-13(18)3-6-16/h2-3,5-6,8-9,15,22H,4,7,10-11H2,1H3,(H,20,23). The lowest BCUT2D eigenvalue weighted by atomic mass is 10.2. The fraction of sp³-hybridized carbons (Fsp3) is 0.353. The number of hydrogen-bond donors (Lipinski definition) is 2. The second kappa shape index (κ2) is 8.93. The molecule has 6 nitrogen and oxygen atoms in total. The summed E-state index contributed by atoms with van der Waals surface area (Å²) in [6, 6.07) is 7.27. The summed E-state index contributed by atoms with van der Waals surface area (Å²) in [5, 5.41) is 12.4. The van der Waals surface area contributed by atoms with Gasteiger partial charge < -0.3 is 15.2 Å². The second-order valence-electron chi connectivity index (χ2n) is 5.32. The third-order valence-electron chi connectivity index (χ3n) is 3.23. The van der Waals surface area contributed by atoms with Crippen molar-refractivity contribution in [3.63, 3.8) is 0 Å². The number of halogens is 1. The molecule has 1 amide bonds. The average molecular weight is 333 g/mol. The summed E-state index contributed by atoms with van der Waals surface area (Å²) in [5.41, 5.74) is 0.804. The third kappa shape index (κ3) is 6.29. The van der Waals surface area contributed by atoms with Crippen molar-refractivity contribution in [2.45, 2.75) is 25.9 Å². The number of aromatic nitrogens is 2. The number of carbonyl (C=O) groups is 1. The highest BCUT2D eigenvalue weighted by Crippen LogP contribution is 2.11. The first-order valence-corrected chi connectivity index (χ1v) is 7.64. The topological polar surface area (TPSA) is 84.3 Å². The van der Waals surface area contributed by atoms with Crippen molar-refractivity contribution in [1.82, 2.24) is 15.3 Å². The molecular weight excluding hydrogens is 313 g/mol. The van der Waals surface area contributed by atoms with Crippen molar-refractivity contribution in [3.8, 4) is 5.75 Å². The van der Waals surface area contributed by atoms with Crippen LogP contribution < -0.4 is 10.1 Å². The van der Waals surface area contributed by atoms with E-state index in [2.05, 4.69) is 15.3 Å². The SMILES string of the molecule is Cc1nccc(CCC(=O)NCC(O)COc2ccc(F)cc2)n1. The van der Waals surface area contributed by atoms with Crippen LogP contribution in [-0.4, -0.2) is 40.2 Å². The van der Waals surface area contributed by atoms with E-state index in [1.807, 2.05) is 0 Å². The number of aliphatic hydroxyl groups is 1. The minimum atomic E-state index is -0.847. The molecule has 0 saturated carbocycles. The summed E-state index contributed by atoms with van der Waals surface area (Å²) in [4.78, 5) is 20.0. The zero-order chi connectivity index (χ0) is 17.4. The Kier molecular flexibility index (Phi) is 6.62. The van der Waals surface area contributed by atoms with Gasteiger partial charge in [-0.3, -0.25) is 4.79 Å². The van der Waals surface area contributed by atoms with Gasteiger partial charge in [0, 0.05) is 24.9 Å². The quantitative estimate of drug-likeness (QED) is 0.763. The number of hydrogen-bond acceptors (Lipinski definition) is 5. The van der Waals surface area contributed by atoms with Gasteiger partial charge in [0.05, 0.1) is 0 Å². The van der Waals surface area contributed by atoms with Crippen LogP contribution in [0.2, 0.25) is 0 Å². The summed E-state index contributed by atoms with van der Waals surface area (Å²) in [6.45, 7) is 1.89. The zero-order valence-corrected chi connectivity index (χ0v) is 13.4. The Morgan fingerprint density at radius 2 is 2.08 bits per heavy atom. The van der Waals surface area contributed by atoms with Crippen molar-refractivity contribution < 1.29 is 19.0 Å². The van der Waals surface area contributed by atoms with Crippen LogP contribution in [0.1, 0.15) is 17.9 Å². The normalized spacial score (nSPS) is 11.8. The number of amides is 1. The van der Waals surface area contributed by atoms with Gasteiger partial charge in [-0.05, 0) is 43.7 Å². The Labute approximate surface area is 139 Å². The summed E-state index contributed by atoms with van der Waals surface area (Å²) in [6.07, 6.45) is 1.60. The smallest absolute Gasteiger partial charge is 0.220 e. The monoisotopic (exact) mass is 333 g/mol. The van der Waals surface area contributed by atoms with E-state index >= 15 is 0 Å². The van der Waals surface area contributed by atoms with Gasteiger partial charge >= 0.3 is 0 Å². The number of aryl methyl sites for hydroxylation is 2. The van der Waals surface area contributed by atoms with Gasteiger partial charge in [-0.2, -0.15) is 0 Å². The summed E-state index contributed by atoms with van der Waals surface area (Å²) < 4.78 is 18.1. The van der Waals surface area contributed by atoms with E-state index in [0.717, 1.165) is 5.69 Å². The highest BCUT2D eigenvalue weighted by atomic mass is 19.1. The maximum Gasteiger partial charge on any atom is 0.220 e. The molecule has 2 rings (SSSR count). The Bertz CT molecular complexity index is 664. The highest BCUT2D eigenvalue weighted by Gasteiger charge is 2.09. The molecule has 0 aliphatic carbocycles. The van der Waals surface area contributed by atoms with Gasteiger partial charge in [0.25, 0.3) is 0 Å². The van der Waals surface area contributed by atoms with Gasteiger partial charge in [-0.25, -0.2) is 14.4 Å². The Hall–Kier alpha value is -2.54. The van der Waals surface area contributed by atoms with Gasteiger partial charge in [0.15, 0.2) is 0 Å². The van der Waals surface area contributed by atoms with Crippen molar-refractivity contribution >= 4 is 5.91 Å². The van der Waals surface area contributed by atoms with Gasteiger partial charge in [0.2, 0.25) is 5.91 Å². The minimum absolute atomic E-state index is 0.0109. The molecule has 2 N–H and O–H groups in total. The Balaban J connectivity index is 1.64. The first-order chi connectivity index (χ1) is 11.5. The average Bonchev–Trinajstić information content (AvgIpc) is 2.57. The van der Waals surface area contributed by atoms with E-state index in [4.69, 9.17) is 4.74 Å². The maximum absolute atomic E-state index is 12.8. The van der Waals surface area contributed by atoms with Crippen LogP contribution in [0.4, 0.5) is 4.39 Å². The summed E-state index contributed by atoms with van der Waals surface area (Å²) in [5.74, 6) is 0.600. The maximum atomic E-state index is 12.8. The molecule has 7 heteroatoms. The molecule has 0 bridgehead atoms. The molecule has 0 spiro atoms. The largest absolute Gasteiger partial charge is 0.491 e. The van der Waals surface area contributed by atoms with E-state index in [1.54, 1.807) is 19.2 Å². The fourth-order valence-electron chi connectivity index (χ4n) is 1.99. The van der Waals surface area contributed by atoms with Crippen LogP contribution in [0, 0.1) is 12.7 Å². The highest BCUT2D eigenvalue weighted by molar-refractivity contribution is 5.76. The molecule has 0 aliphatic rings. The van der Waals surface area contributed by atoms with Crippen LogP contribution in [0.3, 0.4) is 0 Å². The predicted octanol–water partition coefficient (Wildman–Crippen LogP) is 1.41. The van der Waals surface area contributed by atoms with Gasteiger partial charge in [0.1, 0.15) is 30.1 Å². The van der Waals surface area contributed by atoms with Crippen LogP contribution in [0.15, 0.2) is 36.5 Å². The summed E-state index contributed by atoms with van der Waals surface area (Å²) >= 11 is 0. The Morgan fingerprint density at radius 1 is 1.33 bits per heavy atom. The molecule has 0 radical (unpaired) electrons. The number of aliphatic hydroxyl groups excluding tert-OH is 1. The molecule has 0 fully saturated rings. The second-order valence-corrected chi connectivity index (χ2v) is 5.32. The first-order valence-electron chi connectivity index (χ1n) is 7.64. The van der Waals surface area contributed by atoms with Crippen molar-refractivity contribution in [1.29, 1.82) is 0 Å². The number of benzene rings is 1. The molecule has 0 saturated heterocycles. The van der Waals surface area contributed by atoms with Gasteiger partial charge in [-0.15, -0.1) is 0 Å². The fourth-order valence-corrected chi connectivity index (χ4v) is 1.99. The van der Waals surface area contributed by atoms with Crippen LogP contribution in [0.5, 0.6) is 5.75 Å². The number of rotatable bonds is 8. The molecule has 128 valence electrons.